The number of halogens is 2. The van der Waals surface area contributed by atoms with E-state index in [2.05, 4.69) is 357 Å². The van der Waals surface area contributed by atoms with Gasteiger partial charge in [-0.25, -0.2) is 25.0 Å². The summed E-state index contributed by atoms with van der Waals surface area (Å²) in [7, 11) is 7.59. The maximum Gasteiger partial charge on any atom is 0.134 e. The lowest BCUT2D eigenvalue weighted by molar-refractivity contribution is -0.479. The molecule has 614 valence electrons. The Hall–Kier alpha value is -14.2. The highest BCUT2D eigenvalue weighted by Gasteiger charge is 2.10. The quantitative estimate of drug-likeness (QED) is 0.0264. The number of aliphatic imine (C=N–C) groups is 6. The largest absolute Gasteiger partial charge is 1.00 e. The molecule has 13 aromatic rings. The first-order valence-electron chi connectivity index (χ1n) is 40.6. The van der Waals surface area contributed by atoms with Gasteiger partial charge in [-0.15, -0.1) is 0 Å². The topological polar surface area (TPSA) is 168 Å². The maximum atomic E-state index is 4.72. The number of nitrogens with two attached hydrogens (primary N) is 2. The third kappa shape index (κ3) is 28.5. The zero-order chi connectivity index (χ0) is 83.0. The van der Waals surface area contributed by atoms with Gasteiger partial charge in [-0.1, -0.05) is 144 Å². The van der Waals surface area contributed by atoms with Crippen LogP contribution in [-0.4, -0.2) is 62.5 Å². The van der Waals surface area contributed by atoms with Crippen LogP contribution < -0.4 is 62.0 Å². The molecule has 9 N–H and O–H groups in total. The molecule has 0 bridgehead atoms. The predicted molar refractivity (Wildman–Crippen MR) is 517 cm³/mol. The number of rotatable bonds is 22. The van der Waals surface area contributed by atoms with Gasteiger partial charge in [0.25, 0.3) is 0 Å². The van der Waals surface area contributed by atoms with Crippen molar-refractivity contribution in [1.82, 2.24) is 0 Å². The molecule has 15 heteroatoms. The van der Waals surface area contributed by atoms with Crippen molar-refractivity contribution in [3.8, 4) is 0 Å². The number of benzene rings is 13. The van der Waals surface area contributed by atoms with Crippen LogP contribution in [0.15, 0.2) is 418 Å². The molecule has 13 aromatic carbocycles. The molecule has 0 atom stereocenters. The minimum atomic E-state index is 0. The SMILES string of the molecule is CN=C1C=CC(=Nc2ccc(N=C3C=CC(=Nc4ccc(C)cc4)C=C3)cc2)C=C1.CNc1ccc(Cc2ccc(N=C3C=CC(=Nc4ccc(C)cc4)C=C3)cc2)cc1.CNc1ccc(Cc2ccc(Nc3ccc(Cc4ccc(C)cc4)cc3)cc2)cc1.CNc1ccc([NH2+]c2ccc(Nc3ccc([NH2+]c4ccc(C)cc4)cc3)cc2)cc1.[Cl-].[Cl-].[HH].[HH]. The summed E-state index contributed by atoms with van der Waals surface area (Å²) in [6.45, 7) is 8.38. The molecule has 0 fully saturated rings. The molecule has 0 spiro atoms. The second-order valence-corrected chi connectivity index (χ2v) is 29.6. The molecule has 13 nitrogen and oxygen atoms in total. The van der Waals surface area contributed by atoms with Crippen LogP contribution in [0, 0.1) is 27.7 Å². The van der Waals surface area contributed by atoms with E-state index in [4.69, 9.17) is 4.99 Å². The van der Waals surface area contributed by atoms with Crippen LogP contribution in [-0.2, 0) is 19.3 Å². The summed E-state index contributed by atoms with van der Waals surface area (Å²) in [6, 6.07) is 110. The van der Waals surface area contributed by atoms with Crippen molar-refractivity contribution >= 4 is 125 Å². The third-order valence-electron chi connectivity index (χ3n) is 20.0. The zero-order valence-corrected chi connectivity index (χ0v) is 71.7. The molecule has 0 unspecified atom stereocenters. The van der Waals surface area contributed by atoms with Crippen LogP contribution in [0.4, 0.5) is 91.0 Å². The van der Waals surface area contributed by atoms with Crippen molar-refractivity contribution in [1.29, 1.82) is 0 Å². The molecule has 0 saturated carbocycles. The lowest BCUT2D eigenvalue weighted by atomic mass is 10.0. The van der Waals surface area contributed by atoms with Gasteiger partial charge in [0.15, 0.2) is 0 Å². The molecule has 0 aliphatic heterocycles. The molecule has 0 amide bonds. The van der Waals surface area contributed by atoms with Gasteiger partial charge in [0.2, 0.25) is 0 Å². The molecule has 3 aliphatic rings. The van der Waals surface area contributed by atoms with E-state index in [1.165, 1.54) is 78.4 Å². The number of hydrogen-bond donors (Lipinski definition) is 7. The molecule has 3 aliphatic carbocycles. The molecular weight excluding hydrogens is 1540 g/mol. The summed E-state index contributed by atoms with van der Waals surface area (Å²) in [5, 5.41) is 20.8. The van der Waals surface area contributed by atoms with Crippen LogP contribution in [0.5, 0.6) is 0 Å². The Morgan fingerprint density at radius 2 is 0.377 bits per heavy atom. The van der Waals surface area contributed by atoms with Gasteiger partial charge in [0.1, 0.15) is 22.7 Å². The van der Waals surface area contributed by atoms with E-state index in [1.807, 2.05) is 143 Å². The van der Waals surface area contributed by atoms with Gasteiger partial charge >= 0.3 is 0 Å². The van der Waals surface area contributed by atoms with Gasteiger partial charge in [-0.3, -0.25) is 15.6 Å². The minimum absolute atomic E-state index is 0. The van der Waals surface area contributed by atoms with Crippen LogP contribution >= 0.6 is 0 Å². The van der Waals surface area contributed by atoms with Gasteiger partial charge in [0, 0.05) is 107 Å². The summed E-state index contributed by atoms with van der Waals surface area (Å²) in [6.07, 6.45) is 26.6. The second-order valence-electron chi connectivity index (χ2n) is 29.6. The number of nitrogens with zero attached hydrogens (tertiary/aromatic N) is 6. The van der Waals surface area contributed by atoms with Crippen molar-refractivity contribution in [3.63, 3.8) is 0 Å². The van der Waals surface area contributed by atoms with Crippen LogP contribution in [0.2, 0.25) is 0 Å². The Balaban J connectivity index is 0.000000185. The summed E-state index contributed by atoms with van der Waals surface area (Å²) in [5.41, 5.74) is 35.6. The average Bonchev–Trinajstić information content (AvgIpc) is 0.895. The number of aryl methyl sites for hydroxylation is 4. The first-order chi connectivity index (χ1) is 58.7. The molecular formula is C107H107Cl2N13. The monoisotopic (exact) mass is 1640 g/mol. The van der Waals surface area contributed by atoms with Crippen LogP contribution in [0.25, 0.3) is 0 Å². The Labute approximate surface area is 734 Å². The Morgan fingerprint density at radius 3 is 0.615 bits per heavy atom. The normalized spacial score (nSPS) is 12.0. The molecule has 122 heavy (non-hydrogen) atoms. The molecule has 0 saturated heterocycles. The van der Waals surface area contributed by atoms with Crippen molar-refractivity contribution < 1.29 is 38.3 Å². The van der Waals surface area contributed by atoms with Gasteiger partial charge in [-0.2, -0.15) is 0 Å². The second kappa shape index (κ2) is 45.7. The van der Waals surface area contributed by atoms with Crippen molar-refractivity contribution in [2.45, 2.75) is 47.0 Å². The van der Waals surface area contributed by atoms with Crippen molar-refractivity contribution in [3.05, 3.63) is 444 Å². The highest BCUT2D eigenvalue weighted by molar-refractivity contribution is 6.21. The van der Waals surface area contributed by atoms with E-state index in [-0.39, 0.29) is 27.7 Å². The van der Waals surface area contributed by atoms with Gasteiger partial charge in [-0.05, 0) is 311 Å². The Morgan fingerprint density at radius 1 is 0.213 bits per heavy atom. The van der Waals surface area contributed by atoms with Crippen molar-refractivity contribution in [2.75, 3.05) is 54.8 Å². The molecule has 16 rings (SSSR count). The lowest BCUT2D eigenvalue weighted by Crippen LogP contribution is -3.00. The molecule has 0 radical (unpaired) electrons. The number of hydrogen-bond acceptors (Lipinski definition) is 11. The highest BCUT2D eigenvalue weighted by atomic mass is 35.5. The van der Waals surface area contributed by atoms with E-state index < -0.39 is 0 Å². The van der Waals surface area contributed by atoms with Crippen LogP contribution in [0.3, 0.4) is 0 Å². The van der Waals surface area contributed by atoms with Crippen LogP contribution in [0.1, 0.15) is 58.5 Å². The first kappa shape index (κ1) is 88.6. The summed E-state index contributed by atoms with van der Waals surface area (Å²) in [5.74, 6) is 0. The first-order valence-corrected chi connectivity index (χ1v) is 40.6. The lowest BCUT2D eigenvalue weighted by Gasteiger charge is -2.09. The summed E-state index contributed by atoms with van der Waals surface area (Å²) < 4.78 is 0. The number of nitrogens with one attached hydrogen (secondary N) is 5. The fourth-order valence-electron chi connectivity index (χ4n) is 13.0. The number of anilines is 7. The predicted octanol–water partition coefficient (Wildman–Crippen LogP) is 19.1. The fraction of sp³-hybridized carbons (Fsp3) is 0.103. The minimum Gasteiger partial charge on any atom is -1.00 e. The number of allylic oxidation sites excluding steroid dienone is 12. The maximum absolute atomic E-state index is 4.72. The van der Waals surface area contributed by atoms with Gasteiger partial charge in [0.05, 0.1) is 62.7 Å². The fourth-order valence-corrected chi connectivity index (χ4v) is 13.0. The van der Waals surface area contributed by atoms with E-state index in [1.54, 1.807) is 7.05 Å². The average molecular weight is 1650 g/mol. The van der Waals surface area contributed by atoms with Crippen molar-refractivity contribution in [2.24, 2.45) is 30.0 Å². The van der Waals surface area contributed by atoms with E-state index in [9.17, 15) is 0 Å². The Kier molecular flexibility index (Phi) is 33.2. The molecule has 0 aromatic heterocycles. The van der Waals surface area contributed by atoms with E-state index >= 15 is 0 Å². The van der Waals surface area contributed by atoms with Gasteiger partial charge < -0.3 is 51.4 Å². The van der Waals surface area contributed by atoms with E-state index in [0.717, 1.165) is 122 Å². The summed E-state index contributed by atoms with van der Waals surface area (Å²) in [4.78, 5) is 27.4. The summed E-state index contributed by atoms with van der Waals surface area (Å²) >= 11 is 0. The smallest absolute Gasteiger partial charge is 0.134 e. The highest BCUT2D eigenvalue weighted by Crippen LogP contribution is 2.27. The third-order valence-corrected chi connectivity index (χ3v) is 20.0. The zero-order valence-electron chi connectivity index (χ0n) is 70.2. The Bertz CT molecular complexity index is 5690. The standard InChI is InChI=1S/C28H28N2.C27H25N3.C26H26N4.C26H22N4.2ClH.2H2/c1-21-3-5-22(6-4-21)19-24-9-15-27(16-10-24)30-28-17-11-25(12-18-28)20-23-7-13-26(29-2)14-8-23;1-20-3-9-24(10-4-20)29-26-15-17-27(18-16-26)30-25-13-7-22(8-14-25)19-21-5-11-23(28-2)12-6-21;2*1-19-3-5-21(6-4-19)28-23-11-13-25(14-12-23)30-26-17-15-24(16-18-26)29-22-9-7-20(27-2)8-10-22;;;;/h3-18,29-30H,19-20H2,1-2H3;3-18,28H,19H2,1-2H3;3-18,27-30H,1-2H3;3-18H,1-2H3;4*1H. The van der Waals surface area contributed by atoms with E-state index in [0.29, 0.717) is 0 Å². The number of quaternary nitrogens is 2. The molecule has 0 heterocycles.